The summed E-state index contributed by atoms with van der Waals surface area (Å²) in [5, 5.41) is 2.36. The van der Waals surface area contributed by atoms with Crippen LogP contribution in [0.3, 0.4) is 0 Å². The van der Waals surface area contributed by atoms with Gasteiger partial charge in [-0.25, -0.2) is 0 Å². The Bertz CT molecular complexity index is 843. The quantitative estimate of drug-likeness (QED) is 0.529. The van der Waals surface area contributed by atoms with Crippen LogP contribution in [0.5, 0.6) is 0 Å². The highest BCUT2D eigenvalue weighted by atomic mass is 14.0. The van der Waals surface area contributed by atoms with E-state index in [9.17, 15) is 0 Å². The van der Waals surface area contributed by atoms with Crippen LogP contribution in [0.15, 0.2) is 78.9 Å². The molecule has 0 aliphatic carbocycles. The molecule has 0 aliphatic rings. The lowest BCUT2D eigenvalue weighted by Crippen LogP contribution is -2.21. The first kappa shape index (κ1) is 22.4. The summed E-state index contributed by atoms with van der Waals surface area (Å²) in [6.07, 6.45) is 5.56. The lowest BCUT2D eigenvalue weighted by Gasteiger charge is -1.99. The summed E-state index contributed by atoms with van der Waals surface area (Å²) >= 11 is 0. The molecule has 0 N–H and O–H groups in total. The summed E-state index contributed by atoms with van der Waals surface area (Å²) < 4.78 is 0. The topological polar surface area (TPSA) is 0 Å². The average molecular weight is 359 g/mol. The SMILES string of the molecule is C=c1cccc/c1=C/CCc1ccc(C)cc1.CC.CCc1ccccc1. The highest BCUT2D eigenvalue weighted by molar-refractivity contribution is 5.29. The van der Waals surface area contributed by atoms with Crippen molar-refractivity contribution in [3.05, 3.63) is 106 Å². The lowest BCUT2D eigenvalue weighted by molar-refractivity contribution is 1.03. The van der Waals surface area contributed by atoms with Gasteiger partial charge in [0.25, 0.3) is 0 Å². The fourth-order valence-corrected chi connectivity index (χ4v) is 2.60. The second-order valence-electron chi connectivity index (χ2n) is 6.27. The number of hydrogen-bond donors (Lipinski definition) is 0. The van der Waals surface area contributed by atoms with Gasteiger partial charge in [-0.05, 0) is 47.8 Å². The maximum Gasteiger partial charge on any atom is -0.0230 e. The third-order valence-electron chi connectivity index (χ3n) is 4.22. The summed E-state index contributed by atoms with van der Waals surface area (Å²) in [6, 6.07) is 27.5. The smallest absolute Gasteiger partial charge is 0.0230 e. The van der Waals surface area contributed by atoms with Crippen molar-refractivity contribution < 1.29 is 0 Å². The summed E-state index contributed by atoms with van der Waals surface area (Å²) in [5.74, 6) is 0. The highest BCUT2D eigenvalue weighted by Crippen LogP contribution is 2.05. The van der Waals surface area contributed by atoms with Gasteiger partial charge in [0, 0.05) is 0 Å². The first-order valence-corrected chi connectivity index (χ1v) is 10.0. The summed E-state index contributed by atoms with van der Waals surface area (Å²) in [4.78, 5) is 0. The van der Waals surface area contributed by atoms with Crippen LogP contribution in [0.2, 0.25) is 0 Å². The number of hydrogen-bond acceptors (Lipinski definition) is 0. The van der Waals surface area contributed by atoms with Crippen LogP contribution in [-0.4, -0.2) is 0 Å². The Balaban J connectivity index is 0.000000305. The molecule has 0 heteroatoms. The standard InChI is InChI=1S/C17H18.C8H10.C2H6/c1-14-10-12-16(13-11-14)7-5-9-17-8-4-3-6-15(17)2;1-2-8-6-4-3-5-7-8;1-2/h3-4,6,8-13H,2,5,7H2,1H3;3-7H,2H2,1H3;1-2H3/b17-9-;;. The summed E-state index contributed by atoms with van der Waals surface area (Å²) in [7, 11) is 0. The second-order valence-corrected chi connectivity index (χ2v) is 6.27. The van der Waals surface area contributed by atoms with Crippen LogP contribution >= 0.6 is 0 Å². The van der Waals surface area contributed by atoms with E-state index < -0.39 is 0 Å². The fourth-order valence-electron chi connectivity index (χ4n) is 2.60. The number of aryl methyl sites for hydroxylation is 3. The van der Waals surface area contributed by atoms with Crippen molar-refractivity contribution in [3.63, 3.8) is 0 Å². The normalized spacial score (nSPS) is 10.3. The van der Waals surface area contributed by atoms with Crippen molar-refractivity contribution in [1.82, 2.24) is 0 Å². The summed E-state index contributed by atoms with van der Waals surface area (Å²) in [6.45, 7) is 12.3. The summed E-state index contributed by atoms with van der Waals surface area (Å²) in [5.41, 5.74) is 4.13. The van der Waals surface area contributed by atoms with Gasteiger partial charge >= 0.3 is 0 Å². The van der Waals surface area contributed by atoms with E-state index in [0.29, 0.717) is 0 Å². The first-order valence-electron chi connectivity index (χ1n) is 10.0. The van der Waals surface area contributed by atoms with Crippen LogP contribution in [-0.2, 0) is 12.8 Å². The molecule has 0 unspecified atom stereocenters. The van der Waals surface area contributed by atoms with Crippen LogP contribution in [0.4, 0.5) is 0 Å². The van der Waals surface area contributed by atoms with E-state index in [0.717, 1.165) is 24.5 Å². The second kappa shape index (κ2) is 13.6. The molecular weight excluding hydrogens is 324 g/mol. The van der Waals surface area contributed by atoms with Gasteiger partial charge in [0.2, 0.25) is 0 Å². The van der Waals surface area contributed by atoms with Gasteiger partial charge in [-0.1, -0.05) is 118 Å². The van der Waals surface area contributed by atoms with Crippen molar-refractivity contribution in [2.24, 2.45) is 0 Å². The molecule has 0 bridgehead atoms. The maximum atomic E-state index is 4.03. The molecule has 0 atom stereocenters. The van der Waals surface area contributed by atoms with Crippen molar-refractivity contribution in [2.75, 3.05) is 0 Å². The Morgan fingerprint density at radius 2 is 1.33 bits per heavy atom. The van der Waals surface area contributed by atoms with Crippen molar-refractivity contribution >= 4 is 12.7 Å². The Morgan fingerprint density at radius 3 is 1.89 bits per heavy atom. The monoisotopic (exact) mass is 358 g/mol. The minimum absolute atomic E-state index is 1.07. The van der Waals surface area contributed by atoms with E-state index in [1.807, 2.05) is 26.0 Å². The molecular formula is C27H34. The van der Waals surface area contributed by atoms with Crippen molar-refractivity contribution in [1.29, 1.82) is 0 Å². The minimum Gasteiger partial charge on any atom is -0.0912 e. The predicted molar refractivity (Wildman–Crippen MR) is 122 cm³/mol. The third-order valence-corrected chi connectivity index (χ3v) is 4.22. The van der Waals surface area contributed by atoms with Crippen LogP contribution in [0.25, 0.3) is 12.7 Å². The first-order chi connectivity index (χ1) is 13.2. The zero-order valence-corrected chi connectivity index (χ0v) is 17.4. The van der Waals surface area contributed by atoms with Crippen molar-refractivity contribution in [3.8, 4) is 0 Å². The molecule has 27 heavy (non-hydrogen) atoms. The fraction of sp³-hybridized carbons (Fsp3) is 0.259. The van der Waals surface area contributed by atoms with E-state index in [2.05, 4.69) is 93.2 Å². The lowest BCUT2D eigenvalue weighted by atomic mass is 10.1. The molecule has 3 rings (SSSR count). The Kier molecular flexibility index (Phi) is 11.3. The van der Waals surface area contributed by atoms with Crippen LogP contribution < -0.4 is 10.4 Å². The van der Waals surface area contributed by atoms with E-state index in [1.165, 1.54) is 21.9 Å². The Morgan fingerprint density at radius 1 is 0.741 bits per heavy atom. The van der Waals surface area contributed by atoms with Gasteiger partial charge in [0.15, 0.2) is 0 Å². The van der Waals surface area contributed by atoms with Crippen LogP contribution in [0, 0.1) is 6.92 Å². The third kappa shape index (κ3) is 9.06. The molecule has 0 saturated carbocycles. The molecule has 0 aromatic heterocycles. The van der Waals surface area contributed by atoms with E-state index in [4.69, 9.17) is 0 Å². The highest BCUT2D eigenvalue weighted by Gasteiger charge is 1.91. The largest absolute Gasteiger partial charge is 0.0912 e. The van der Waals surface area contributed by atoms with Gasteiger partial charge in [0.1, 0.15) is 0 Å². The minimum atomic E-state index is 1.07. The molecule has 0 fully saturated rings. The van der Waals surface area contributed by atoms with Gasteiger partial charge in [-0.15, -0.1) is 0 Å². The molecule has 142 valence electrons. The zero-order chi connectivity index (χ0) is 19.9. The molecule has 3 aromatic carbocycles. The van der Waals surface area contributed by atoms with Crippen LogP contribution in [0.1, 0.15) is 43.9 Å². The van der Waals surface area contributed by atoms with E-state index in [-0.39, 0.29) is 0 Å². The molecule has 0 aliphatic heterocycles. The molecule has 0 radical (unpaired) electrons. The van der Waals surface area contributed by atoms with Gasteiger partial charge in [-0.3, -0.25) is 0 Å². The van der Waals surface area contributed by atoms with E-state index >= 15 is 0 Å². The Labute approximate surface area is 165 Å². The zero-order valence-electron chi connectivity index (χ0n) is 17.4. The predicted octanol–water partition coefficient (Wildman–Crippen LogP) is 6.09. The van der Waals surface area contributed by atoms with Gasteiger partial charge in [0.05, 0.1) is 0 Å². The molecule has 0 amide bonds. The molecule has 0 heterocycles. The molecule has 0 saturated heterocycles. The Hall–Kier alpha value is -2.60. The molecule has 3 aromatic rings. The molecule has 0 nitrogen and oxygen atoms in total. The average Bonchev–Trinajstić information content (AvgIpc) is 2.73. The van der Waals surface area contributed by atoms with Gasteiger partial charge in [-0.2, -0.15) is 0 Å². The molecule has 0 spiro atoms. The number of benzene rings is 3. The van der Waals surface area contributed by atoms with E-state index in [1.54, 1.807) is 0 Å². The maximum absolute atomic E-state index is 4.03. The number of rotatable bonds is 4. The van der Waals surface area contributed by atoms with Crippen molar-refractivity contribution in [2.45, 2.75) is 47.0 Å². The van der Waals surface area contributed by atoms with Gasteiger partial charge < -0.3 is 0 Å².